The maximum atomic E-state index is 12.2. The summed E-state index contributed by atoms with van der Waals surface area (Å²) < 4.78 is 41.1. The van der Waals surface area contributed by atoms with E-state index in [1.165, 1.54) is 4.90 Å². The second-order valence-corrected chi connectivity index (χ2v) is 3.89. The number of nitrogens with zero attached hydrogens (tertiary/aromatic N) is 1. The molecule has 0 aliphatic rings. The minimum absolute atomic E-state index is 0.173. The van der Waals surface area contributed by atoms with Gasteiger partial charge in [0.2, 0.25) is 0 Å². The van der Waals surface area contributed by atoms with Gasteiger partial charge in [0, 0.05) is 12.6 Å². The molecule has 0 heterocycles. The fourth-order valence-electron chi connectivity index (χ4n) is 1.16. The van der Waals surface area contributed by atoms with Crippen molar-refractivity contribution in [1.82, 2.24) is 4.90 Å². The highest BCUT2D eigenvalue weighted by Crippen LogP contribution is 2.21. The van der Waals surface area contributed by atoms with Crippen LogP contribution < -0.4 is 0 Å². The SMILES string of the molecule is CCOC(=O)CN(CC(O)C(F)(F)F)C(C)C. The Morgan fingerprint density at radius 3 is 2.29 bits per heavy atom. The van der Waals surface area contributed by atoms with Crippen molar-refractivity contribution in [2.45, 2.75) is 39.1 Å². The minimum atomic E-state index is -4.68. The number of halogens is 3. The first kappa shape index (κ1) is 16.2. The van der Waals surface area contributed by atoms with Crippen LogP contribution >= 0.6 is 0 Å². The van der Waals surface area contributed by atoms with Crippen LogP contribution in [0.25, 0.3) is 0 Å². The predicted molar refractivity (Wildman–Crippen MR) is 55.4 cm³/mol. The van der Waals surface area contributed by atoms with Crippen LogP contribution in [0.1, 0.15) is 20.8 Å². The summed E-state index contributed by atoms with van der Waals surface area (Å²) in [4.78, 5) is 12.4. The molecule has 0 aromatic carbocycles. The smallest absolute Gasteiger partial charge is 0.415 e. The van der Waals surface area contributed by atoms with Gasteiger partial charge in [-0.2, -0.15) is 13.2 Å². The molecule has 0 rings (SSSR count). The van der Waals surface area contributed by atoms with Gasteiger partial charge in [0.15, 0.2) is 6.10 Å². The Morgan fingerprint density at radius 2 is 1.94 bits per heavy atom. The molecule has 0 radical (unpaired) electrons. The first-order chi connectivity index (χ1) is 7.68. The second kappa shape index (κ2) is 6.80. The van der Waals surface area contributed by atoms with Gasteiger partial charge in [0.25, 0.3) is 0 Å². The van der Waals surface area contributed by atoms with Crippen LogP contribution in [0, 0.1) is 0 Å². The van der Waals surface area contributed by atoms with Crippen LogP contribution in [0.2, 0.25) is 0 Å². The summed E-state index contributed by atoms with van der Waals surface area (Å²) in [5.41, 5.74) is 0. The third-order valence-corrected chi connectivity index (χ3v) is 2.15. The van der Waals surface area contributed by atoms with Gasteiger partial charge in [-0.05, 0) is 20.8 Å². The molecule has 0 spiro atoms. The summed E-state index contributed by atoms with van der Waals surface area (Å²) in [6, 6.07) is -0.295. The van der Waals surface area contributed by atoms with E-state index in [4.69, 9.17) is 5.11 Å². The number of ether oxygens (including phenoxy) is 1. The Balaban J connectivity index is 4.40. The van der Waals surface area contributed by atoms with Crippen molar-refractivity contribution in [1.29, 1.82) is 0 Å². The number of carbonyl (C=O) groups excluding carboxylic acids is 1. The van der Waals surface area contributed by atoms with Crippen LogP contribution in [-0.2, 0) is 9.53 Å². The van der Waals surface area contributed by atoms with E-state index in [0.717, 1.165) is 0 Å². The van der Waals surface area contributed by atoms with E-state index in [0.29, 0.717) is 0 Å². The van der Waals surface area contributed by atoms with Gasteiger partial charge >= 0.3 is 12.1 Å². The van der Waals surface area contributed by atoms with E-state index in [1.54, 1.807) is 20.8 Å². The van der Waals surface area contributed by atoms with Crippen molar-refractivity contribution < 1.29 is 27.8 Å². The number of hydrogen-bond acceptors (Lipinski definition) is 4. The van der Waals surface area contributed by atoms with Crippen LogP contribution in [0.4, 0.5) is 13.2 Å². The topological polar surface area (TPSA) is 49.8 Å². The van der Waals surface area contributed by atoms with Gasteiger partial charge in [0.1, 0.15) is 0 Å². The van der Waals surface area contributed by atoms with E-state index >= 15 is 0 Å². The molecule has 4 nitrogen and oxygen atoms in total. The van der Waals surface area contributed by atoms with Crippen molar-refractivity contribution in [3.63, 3.8) is 0 Å². The van der Waals surface area contributed by atoms with Crippen molar-refractivity contribution in [3.05, 3.63) is 0 Å². The summed E-state index contributed by atoms with van der Waals surface area (Å²) in [6.07, 6.45) is -7.14. The highest BCUT2D eigenvalue weighted by molar-refractivity contribution is 5.71. The largest absolute Gasteiger partial charge is 0.465 e. The van der Waals surface area contributed by atoms with Crippen LogP contribution in [0.15, 0.2) is 0 Å². The normalized spacial score (nSPS) is 14.2. The molecular weight excluding hydrogens is 239 g/mol. The summed E-state index contributed by atoms with van der Waals surface area (Å²) in [5.74, 6) is -0.601. The average Bonchev–Trinajstić information content (AvgIpc) is 2.15. The molecule has 0 fully saturated rings. The molecule has 0 aliphatic heterocycles. The zero-order valence-corrected chi connectivity index (χ0v) is 10.1. The lowest BCUT2D eigenvalue weighted by Gasteiger charge is -2.28. The molecule has 1 N–H and O–H groups in total. The van der Waals surface area contributed by atoms with E-state index in [1.807, 2.05) is 0 Å². The Labute approximate surface area is 98.3 Å². The average molecular weight is 257 g/mol. The fraction of sp³-hybridized carbons (Fsp3) is 0.900. The molecular formula is C10H18F3NO3. The summed E-state index contributed by atoms with van der Waals surface area (Å²) in [7, 11) is 0. The van der Waals surface area contributed by atoms with Crippen molar-refractivity contribution >= 4 is 5.97 Å². The zero-order valence-electron chi connectivity index (χ0n) is 10.1. The van der Waals surface area contributed by atoms with Crippen LogP contribution in [0.3, 0.4) is 0 Å². The van der Waals surface area contributed by atoms with Crippen LogP contribution in [-0.4, -0.2) is 54.0 Å². The molecule has 1 atom stereocenters. The molecule has 0 aliphatic carbocycles. The quantitative estimate of drug-likeness (QED) is 0.726. The van der Waals surface area contributed by atoms with E-state index < -0.39 is 24.8 Å². The fourth-order valence-corrected chi connectivity index (χ4v) is 1.16. The van der Waals surface area contributed by atoms with Crippen molar-refractivity contribution in [2.24, 2.45) is 0 Å². The van der Waals surface area contributed by atoms with Gasteiger partial charge in [-0.15, -0.1) is 0 Å². The second-order valence-electron chi connectivity index (χ2n) is 3.89. The van der Waals surface area contributed by atoms with Gasteiger partial charge in [-0.1, -0.05) is 0 Å². The molecule has 0 bridgehead atoms. The highest BCUT2D eigenvalue weighted by Gasteiger charge is 2.39. The van der Waals surface area contributed by atoms with Gasteiger partial charge in [-0.3, -0.25) is 9.69 Å². The predicted octanol–water partition coefficient (Wildman–Crippen LogP) is 1.18. The number of aliphatic hydroxyl groups excluding tert-OH is 1. The number of carbonyl (C=O) groups is 1. The molecule has 0 saturated heterocycles. The molecule has 17 heavy (non-hydrogen) atoms. The Morgan fingerprint density at radius 1 is 1.41 bits per heavy atom. The maximum Gasteiger partial charge on any atom is 0.415 e. The lowest BCUT2D eigenvalue weighted by Crippen LogP contribution is -2.46. The van der Waals surface area contributed by atoms with Gasteiger partial charge in [0.05, 0.1) is 13.2 Å². The third-order valence-electron chi connectivity index (χ3n) is 2.15. The number of hydrogen-bond donors (Lipinski definition) is 1. The third kappa shape index (κ3) is 6.48. The van der Waals surface area contributed by atoms with E-state index in [2.05, 4.69) is 4.74 Å². The monoisotopic (exact) mass is 257 g/mol. The molecule has 0 aromatic rings. The molecule has 102 valence electrons. The Bertz CT molecular complexity index is 243. The van der Waals surface area contributed by atoms with Crippen molar-refractivity contribution in [3.8, 4) is 0 Å². The lowest BCUT2D eigenvalue weighted by atomic mass is 10.2. The Kier molecular flexibility index (Phi) is 6.48. The lowest BCUT2D eigenvalue weighted by molar-refractivity contribution is -0.209. The molecule has 0 saturated carbocycles. The van der Waals surface area contributed by atoms with E-state index in [9.17, 15) is 18.0 Å². The standard InChI is InChI=1S/C10H18F3NO3/c1-4-17-9(16)6-14(7(2)3)5-8(15)10(11,12)13/h7-8,15H,4-6H2,1-3H3. The number of aliphatic hydroxyl groups is 1. The first-order valence-electron chi connectivity index (χ1n) is 5.33. The zero-order chi connectivity index (χ0) is 13.6. The number of rotatable bonds is 6. The van der Waals surface area contributed by atoms with Gasteiger partial charge < -0.3 is 9.84 Å². The Hall–Kier alpha value is -0.820. The summed E-state index contributed by atoms with van der Waals surface area (Å²) >= 11 is 0. The van der Waals surface area contributed by atoms with Crippen molar-refractivity contribution in [2.75, 3.05) is 19.7 Å². The number of esters is 1. The van der Waals surface area contributed by atoms with Gasteiger partial charge in [-0.25, -0.2) is 0 Å². The summed E-state index contributed by atoms with van der Waals surface area (Å²) in [6.45, 7) is 4.16. The number of alkyl halides is 3. The molecule has 0 amide bonds. The first-order valence-corrected chi connectivity index (χ1v) is 5.33. The minimum Gasteiger partial charge on any atom is -0.465 e. The molecule has 0 aromatic heterocycles. The maximum absolute atomic E-state index is 12.2. The molecule has 7 heteroatoms. The summed E-state index contributed by atoms with van der Waals surface area (Å²) in [5, 5.41) is 8.93. The van der Waals surface area contributed by atoms with E-state index in [-0.39, 0.29) is 19.2 Å². The highest BCUT2D eigenvalue weighted by atomic mass is 19.4. The van der Waals surface area contributed by atoms with Crippen LogP contribution in [0.5, 0.6) is 0 Å². The molecule has 1 unspecified atom stereocenters.